The molecule has 8 heteroatoms. The molecule has 0 aliphatic rings. The Morgan fingerprint density at radius 1 is 1.15 bits per heavy atom. The van der Waals surface area contributed by atoms with Gasteiger partial charge in [-0.05, 0) is 36.6 Å². The van der Waals surface area contributed by atoms with E-state index in [0.717, 1.165) is 11.3 Å². The Kier molecular flexibility index (Phi) is 7.54. The number of aromatic nitrogens is 2. The Bertz CT molecular complexity index is 830. The highest BCUT2D eigenvalue weighted by atomic mass is 16.5. The first-order valence-corrected chi connectivity index (χ1v) is 8.68. The highest BCUT2D eigenvalue weighted by Gasteiger charge is 2.13. The van der Waals surface area contributed by atoms with Crippen molar-refractivity contribution in [2.24, 2.45) is 0 Å². The standard InChI is InChI=1S/C19H23N3O5/c1-3-12-22-18(24)9-8-16(21-22)19(25)27-13-17(23)20-11-10-14-4-6-15(26-2)7-5-14/h4-9H,3,10-13H2,1-2H3,(H,20,23). The van der Waals surface area contributed by atoms with Crippen molar-refractivity contribution in [3.05, 3.63) is 58.0 Å². The van der Waals surface area contributed by atoms with E-state index in [1.807, 2.05) is 31.2 Å². The minimum Gasteiger partial charge on any atom is -0.497 e. The van der Waals surface area contributed by atoms with Crippen LogP contribution >= 0.6 is 0 Å². The fraction of sp³-hybridized carbons (Fsp3) is 0.368. The monoisotopic (exact) mass is 373 g/mol. The summed E-state index contributed by atoms with van der Waals surface area (Å²) in [5.74, 6) is -0.377. The molecule has 0 radical (unpaired) electrons. The van der Waals surface area contributed by atoms with E-state index in [4.69, 9.17) is 9.47 Å². The summed E-state index contributed by atoms with van der Waals surface area (Å²) in [5, 5.41) is 6.63. The number of esters is 1. The van der Waals surface area contributed by atoms with E-state index >= 15 is 0 Å². The van der Waals surface area contributed by atoms with E-state index < -0.39 is 18.5 Å². The molecule has 0 atom stereocenters. The van der Waals surface area contributed by atoms with Crippen LogP contribution in [0.25, 0.3) is 0 Å². The van der Waals surface area contributed by atoms with Gasteiger partial charge in [0.25, 0.3) is 11.5 Å². The van der Waals surface area contributed by atoms with E-state index in [9.17, 15) is 14.4 Å². The van der Waals surface area contributed by atoms with Crippen molar-refractivity contribution in [3.63, 3.8) is 0 Å². The maximum atomic E-state index is 12.0. The van der Waals surface area contributed by atoms with Gasteiger partial charge < -0.3 is 14.8 Å². The Labute approximate surface area is 157 Å². The molecule has 0 aliphatic heterocycles. The second kappa shape index (κ2) is 10.1. The fourth-order valence-corrected chi connectivity index (χ4v) is 2.32. The molecular formula is C19H23N3O5. The summed E-state index contributed by atoms with van der Waals surface area (Å²) in [5.41, 5.74) is 0.759. The summed E-state index contributed by atoms with van der Waals surface area (Å²) >= 11 is 0. The SMILES string of the molecule is CCCn1nc(C(=O)OCC(=O)NCCc2ccc(OC)cc2)ccc1=O. The molecule has 0 saturated carbocycles. The van der Waals surface area contributed by atoms with Gasteiger partial charge in [0.15, 0.2) is 12.3 Å². The van der Waals surface area contributed by atoms with Gasteiger partial charge in [-0.1, -0.05) is 19.1 Å². The average Bonchev–Trinajstić information content (AvgIpc) is 2.68. The third-order valence-electron chi connectivity index (χ3n) is 3.74. The van der Waals surface area contributed by atoms with Crippen LogP contribution in [0.2, 0.25) is 0 Å². The number of nitrogens with one attached hydrogen (secondary N) is 1. The molecule has 0 fully saturated rings. The first kappa shape index (κ1) is 20.2. The van der Waals surface area contributed by atoms with E-state index in [2.05, 4.69) is 10.4 Å². The number of carbonyl (C=O) groups excluding carboxylic acids is 2. The predicted molar refractivity (Wildman–Crippen MR) is 98.8 cm³/mol. The van der Waals surface area contributed by atoms with Crippen LogP contribution in [0, 0.1) is 0 Å². The first-order valence-electron chi connectivity index (χ1n) is 8.68. The molecule has 144 valence electrons. The van der Waals surface area contributed by atoms with E-state index in [1.165, 1.54) is 16.8 Å². The summed E-state index contributed by atoms with van der Waals surface area (Å²) in [6.45, 7) is 2.32. The van der Waals surface area contributed by atoms with Gasteiger partial charge in [-0.25, -0.2) is 9.48 Å². The van der Waals surface area contributed by atoms with E-state index in [1.54, 1.807) is 7.11 Å². The highest BCUT2D eigenvalue weighted by Crippen LogP contribution is 2.11. The van der Waals surface area contributed by atoms with Crippen LogP contribution in [0.4, 0.5) is 0 Å². The number of aryl methyl sites for hydroxylation is 1. The second-order valence-corrected chi connectivity index (χ2v) is 5.80. The molecule has 0 unspecified atom stereocenters. The Balaban J connectivity index is 1.76. The molecule has 0 saturated heterocycles. The molecule has 1 aromatic heterocycles. The van der Waals surface area contributed by atoms with Crippen LogP contribution < -0.4 is 15.6 Å². The first-order chi connectivity index (χ1) is 13.0. The third kappa shape index (κ3) is 6.25. The van der Waals surface area contributed by atoms with Crippen LogP contribution in [0.15, 0.2) is 41.2 Å². The van der Waals surface area contributed by atoms with Crippen molar-refractivity contribution >= 4 is 11.9 Å². The Morgan fingerprint density at radius 3 is 2.56 bits per heavy atom. The number of nitrogens with zero attached hydrogens (tertiary/aromatic N) is 2. The lowest BCUT2D eigenvalue weighted by Gasteiger charge is -2.08. The quantitative estimate of drug-likeness (QED) is 0.663. The highest BCUT2D eigenvalue weighted by molar-refractivity contribution is 5.89. The largest absolute Gasteiger partial charge is 0.497 e. The van der Waals surface area contributed by atoms with Gasteiger partial charge in [-0.2, -0.15) is 5.10 Å². The number of rotatable bonds is 9. The molecule has 8 nitrogen and oxygen atoms in total. The van der Waals surface area contributed by atoms with Gasteiger partial charge in [-0.15, -0.1) is 0 Å². The van der Waals surface area contributed by atoms with E-state index in [-0.39, 0.29) is 11.3 Å². The lowest BCUT2D eigenvalue weighted by atomic mass is 10.1. The summed E-state index contributed by atoms with van der Waals surface area (Å²) < 4.78 is 11.2. The molecule has 0 bridgehead atoms. The number of carbonyl (C=O) groups is 2. The zero-order valence-corrected chi connectivity index (χ0v) is 15.4. The molecule has 0 spiro atoms. The molecule has 1 aromatic carbocycles. The van der Waals surface area contributed by atoms with Crippen LogP contribution in [0.3, 0.4) is 0 Å². The van der Waals surface area contributed by atoms with Crippen molar-refractivity contribution in [2.45, 2.75) is 26.3 Å². The number of ether oxygens (including phenoxy) is 2. The number of benzene rings is 1. The maximum absolute atomic E-state index is 12.0. The lowest BCUT2D eigenvalue weighted by Crippen LogP contribution is -2.31. The maximum Gasteiger partial charge on any atom is 0.359 e. The van der Waals surface area contributed by atoms with Crippen LogP contribution in [0.1, 0.15) is 29.4 Å². The molecule has 1 N–H and O–H groups in total. The van der Waals surface area contributed by atoms with Gasteiger partial charge in [0, 0.05) is 19.2 Å². The third-order valence-corrected chi connectivity index (χ3v) is 3.74. The summed E-state index contributed by atoms with van der Waals surface area (Å²) in [6, 6.07) is 10.1. The molecule has 1 amide bonds. The second-order valence-electron chi connectivity index (χ2n) is 5.80. The number of amides is 1. The minimum atomic E-state index is -0.745. The predicted octanol–water partition coefficient (Wildman–Crippen LogP) is 1.18. The van der Waals surface area contributed by atoms with Crippen molar-refractivity contribution in [1.82, 2.24) is 15.1 Å². The van der Waals surface area contributed by atoms with Crippen molar-refractivity contribution < 1.29 is 19.1 Å². The Hall–Kier alpha value is -3.16. The van der Waals surface area contributed by atoms with Crippen molar-refractivity contribution in [1.29, 1.82) is 0 Å². The van der Waals surface area contributed by atoms with Gasteiger partial charge in [0.05, 0.1) is 7.11 Å². The molecule has 1 heterocycles. The van der Waals surface area contributed by atoms with Gasteiger partial charge in [-0.3, -0.25) is 9.59 Å². The summed E-state index contributed by atoms with van der Waals surface area (Å²) in [4.78, 5) is 35.4. The van der Waals surface area contributed by atoms with E-state index in [0.29, 0.717) is 25.9 Å². The number of hydrogen-bond donors (Lipinski definition) is 1. The van der Waals surface area contributed by atoms with Crippen molar-refractivity contribution in [2.75, 3.05) is 20.3 Å². The van der Waals surface area contributed by atoms with Gasteiger partial charge in [0.2, 0.25) is 0 Å². The van der Waals surface area contributed by atoms with Gasteiger partial charge >= 0.3 is 5.97 Å². The summed E-state index contributed by atoms with van der Waals surface area (Å²) in [6.07, 6.45) is 1.36. The lowest BCUT2D eigenvalue weighted by molar-refractivity contribution is -0.124. The molecular weight excluding hydrogens is 350 g/mol. The molecule has 2 rings (SSSR count). The zero-order valence-electron chi connectivity index (χ0n) is 15.4. The average molecular weight is 373 g/mol. The zero-order chi connectivity index (χ0) is 19.6. The molecule has 27 heavy (non-hydrogen) atoms. The minimum absolute atomic E-state index is 0.00548. The van der Waals surface area contributed by atoms with Crippen molar-refractivity contribution in [3.8, 4) is 5.75 Å². The summed E-state index contributed by atoms with van der Waals surface area (Å²) in [7, 11) is 1.60. The fourth-order valence-electron chi connectivity index (χ4n) is 2.32. The topological polar surface area (TPSA) is 99.5 Å². The Morgan fingerprint density at radius 2 is 1.89 bits per heavy atom. The molecule has 0 aliphatic carbocycles. The smallest absolute Gasteiger partial charge is 0.359 e. The number of hydrogen-bond acceptors (Lipinski definition) is 6. The van der Waals surface area contributed by atoms with Crippen LogP contribution in [0.5, 0.6) is 5.75 Å². The van der Waals surface area contributed by atoms with Crippen LogP contribution in [-0.4, -0.2) is 41.9 Å². The number of methoxy groups -OCH3 is 1. The van der Waals surface area contributed by atoms with Crippen LogP contribution in [-0.2, 0) is 22.5 Å². The van der Waals surface area contributed by atoms with Gasteiger partial charge in [0.1, 0.15) is 5.75 Å². The molecule has 2 aromatic rings. The normalized spacial score (nSPS) is 10.3.